The van der Waals surface area contributed by atoms with E-state index < -0.39 is 11.6 Å². The fourth-order valence-corrected chi connectivity index (χ4v) is 0.507. The molecule has 9 heavy (non-hydrogen) atoms. The van der Waals surface area contributed by atoms with Crippen molar-refractivity contribution in [2.24, 2.45) is 0 Å². The minimum absolute atomic E-state index is 0.0605. The third kappa shape index (κ3) is 1.10. The highest BCUT2D eigenvalue weighted by atomic mass is 19.1. The van der Waals surface area contributed by atoms with Crippen molar-refractivity contribution in [3.8, 4) is 5.75 Å². The summed E-state index contributed by atoms with van der Waals surface area (Å²) in [6.07, 6.45) is 0. The molecule has 0 unspecified atom stereocenters. The molecule has 2 nitrogen and oxygen atoms in total. The maximum atomic E-state index is 12.2. The molecule has 0 atom stereocenters. The van der Waals surface area contributed by atoms with Gasteiger partial charge in [0.15, 0.2) is 11.6 Å². The zero-order valence-corrected chi connectivity index (χ0v) is 4.56. The standard InChI is InChI=1S/C6H5FNO/c7-5-3-4(8)1-2-6(5)9/h1-3,8-9H. The van der Waals surface area contributed by atoms with Crippen LogP contribution in [0.3, 0.4) is 0 Å². The molecule has 1 radical (unpaired) electrons. The largest absolute Gasteiger partial charge is 0.505 e. The summed E-state index contributed by atoms with van der Waals surface area (Å²) in [5.74, 6) is -1.16. The lowest BCUT2D eigenvalue weighted by molar-refractivity contribution is 0.432. The SMILES string of the molecule is [NH]c1ccc(O)c(F)c1. The molecule has 0 bridgehead atoms. The third-order valence-electron chi connectivity index (χ3n) is 0.948. The summed E-state index contributed by atoms with van der Waals surface area (Å²) in [7, 11) is 0. The molecule has 1 aromatic carbocycles. The molecule has 0 saturated carbocycles. The number of rotatable bonds is 0. The quantitative estimate of drug-likeness (QED) is 0.525. The molecule has 0 heterocycles. The summed E-state index contributed by atoms with van der Waals surface area (Å²) in [4.78, 5) is 0. The molecule has 0 aliphatic heterocycles. The Balaban J connectivity index is 3.17. The van der Waals surface area contributed by atoms with Gasteiger partial charge in [0.1, 0.15) is 0 Å². The van der Waals surface area contributed by atoms with Crippen molar-refractivity contribution in [3.63, 3.8) is 0 Å². The zero-order chi connectivity index (χ0) is 6.85. The normalized spacial score (nSPS) is 9.44. The number of hydrogen-bond donors (Lipinski definition) is 1. The molecule has 0 aliphatic carbocycles. The molecule has 0 aromatic heterocycles. The minimum atomic E-state index is -0.748. The number of aromatic hydroxyl groups is 1. The van der Waals surface area contributed by atoms with Gasteiger partial charge >= 0.3 is 0 Å². The Kier molecular flexibility index (Phi) is 1.26. The van der Waals surface area contributed by atoms with E-state index in [0.717, 1.165) is 12.1 Å². The molecule has 1 rings (SSSR count). The van der Waals surface area contributed by atoms with Crippen molar-refractivity contribution in [1.82, 2.24) is 5.73 Å². The number of halogens is 1. The Labute approximate surface area is 51.7 Å². The summed E-state index contributed by atoms with van der Waals surface area (Å²) in [5.41, 5.74) is 6.94. The number of benzene rings is 1. The van der Waals surface area contributed by atoms with Gasteiger partial charge in [0.25, 0.3) is 0 Å². The van der Waals surface area contributed by atoms with Crippen LogP contribution in [0.25, 0.3) is 0 Å². The van der Waals surface area contributed by atoms with Crippen LogP contribution in [0, 0.1) is 5.82 Å². The Morgan fingerprint density at radius 1 is 1.44 bits per heavy atom. The van der Waals surface area contributed by atoms with Crippen LogP contribution < -0.4 is 5.73 Å². The first-order chi connectivity index (χ1) is 4.20. The number of nitrogens with one attached hydrogen (secondary N) is 1. The number of hydrogen-bond acceptors (Lipinski definition) is 1. The van der Waals surface area contributed by atoms with E-state index in [4.69, 9.17) is 10.8 Å². The average Bonchev–Trinajstić information content (AvgIpc) is 1.80. The highest BCUT2D eigenvalue weighted by Gasteiger charge is 1.97. The van der Waals surface area contributed by atoms with Gasteiger partial charge in [-0.25, -0.2) is 4.39 Å². The van der Waals surface area contributed by atoms with Gasteiger partial charge in [0.2, 0.25) is 0 Å². The van der Waals surface area contributed by atoms with Gasteiger partial charge in [0.05, 0.1) is 5.69 Å². The highest BCUT2D eigenvalue weighted by molar-refractivity contribution is 5.39. The van der Waals surface area contributed by atoms with Crippen LogP contribution in [0.1, 0.15) is 0 Å². The second kappa shape index (κ2) is 1.93. The summed E-state index contributed by atoms with van der Waals surface area (Å²) in [5, 5.41) is 8.59. The van der Waals surface area contributed by atoms with Crippen LogP contribution in [-0.4, -0.2) is 5.11 Å². The van der Waals surface area contributed by atoms with Gasteiger partial charge in [-0.1, -0.05) is 0 Å². The lowest BCUT2D eigenvalue weighted by Crippen LogP contribution is -1.75. The fraction of sp³-hybridized carbons (Fsp3) is 0. The van der Waals surface area contributed by atoms with E-state index in [-0.39, 0.29) is 5.69 Å². The van der Waals surface area contributed by atoms with Crippen LogP contribution in [-0.2, 0) is 0 Å². The van der Waals surface area contributed by atoms with Gasteiger partial charge in [-0.15, -0.1) is 0 Å². The van der Waals surface area contributed by atoms with E-state index >= 15 is 0 Å². The van der Waals surface area contributed by atoms with Crippen molar-refractivity contribution in [2.45, 2.75) is 0 Å². The van der Waals surface area contributed by atoms with Crippen molar-refractivity contribution in [3.05, 3.63) is 24.0 Å². The summed E-state index contributed by atoms with van der Waals surface area (Å²) in [6, 6.07) is 3.42. The maximum absolute atomic E-state index is 12.2. The zero-order valence-electron chi connectivity index (χ0n) is 4.56. The number of phenols is 1. The van der Waals surface area contributed by atoms with E-state index in [0.29, 0.717) is 0 Å². The van der Waals surface area contributed by atoms with Crippen LogP contribution in [0.5, 0.6) is 5.75 Å². The Bertz CT molecular complexity index is 224. The smallest absolute Gasteiger partial charge is 0.166 e. The van der Waals surface area contributed by atoms with E-state index in [1.165, 1.54) is 6.07 Å². The molecule has 0 spiro atoms. The summed E-state index contributed by atoms with van der Waals surface area (Å²) in [6.45, 7) is 0. The second-order valence-electron chi connectivity index (χ2n) is 1.67. The topological polar surface area (TPSA) is 44.0 Å². The van der Waals surface area contributed by atoms with Crippen LogP contribution in [0.2, 0.25) is 0 Å². The van der Waals surface area contributed by atoms with Crippen molar-refractivity contribution in [2.75, 3.05) is 0 Å². The van der Waals surface area contributed by atoms with Gasteiger partial charge in [-0.2, -0.15) is 0 Å². The van der Waals surface area contributed by atoms with E-state index in [2.05, 4.69) is 0 Å². The molecular weight excluding hydrogens is 121 g/mol. The monoisotopic (exact) mass is 126 g/mol. The molecule has 1 aromatic rings. The molecular formula is C6H5FNO. The molecule has 0 saturated heterocycles. The molecule has 0 aliphatic rings. The molecule has 0 fully saturated rings. The average molecular weight is 126 g/mol. The predicted molar refractivity (Wildman–Crippen MR) is 30.8 cm³/mol. The first-order valence-electron chi connectivity index (χ1n) is 2.40. The molecule has 47 valence electrons. The van der Waals surface area contributed by atoms with Crippen molar-refractivity contribution < 1.29 is 9.50 Å². The second-order valence-corrected chi connectivity index (χ2v) is 1.67. The summed E-state index contributed by atoms with van der Waals surface area (Å²) >= 11 is 0. The van der Waals surface area contributed by atoms with Gasteiger partial charge < -0.3 is 10.8 Å². The Morgan fingerprint density at radius 3 is 2.56 bits per heavy atom. The molecule has 3 heteroatoms. The summed E-state index contributed by atoms with van der Waals surface area (Å²) < 4.78 is 12.2. The third-order valence-corrected chi connectivity index (χ3v) is 0.948. The van der Waals surface area contributed by atoms with Crippen molar-refractivity contribution in [1.29, 1.82) is 0 Å². The lowest BCUT2D eigenvalue weighted by Gasteiger charge is -1.92. The van der Waals surface area contributed by atoms with Crippen LogP contribution in [0.15, 0.2) is 18.2 Å². The first-order valence-corrected chi connectivity index (χ1v) is 2.40. The lowest BCUT2D eigenvalue weighted by atomic mass is 10.3. The Morgan fingerprint density at radius 2 is 2.11 bits per heavy atom. The van der Waals surface area contributed by atoms with Crippen LogP contribution >= 0.6 is 0 Å². The minimum Gasteiger partial charge on any atom is -0.505 e. The van der Waals surface area contributed by atoms with E-state index in [1.807, 2.05) is 0 Å². The maximum Gasteiger partial charge on any atom is 0.166 e. The van der Waals surface area contributed by atoms with Crippen molar-refractivity contribution >= 4 is 5.69 Å². The highest BCUT2D eigenvalue weighted by Crippen LogP contribution is 2.17. The van der Waals surface area contributed by atoms with E-state index in [1.54, 1.807) is 0 Å². The molecule has 0 amide bonds. The first kappa shape index (κ1) is 5.88. The fourth-order valence-electron chi connectivity index (χ4n) is 0.507. The predicted octanol–water partition coefficient (Wildman–Crippen LogP) is 1.45. The van der Waals surface area contributed by atoms with Crippen LogP contribution in [0.4, 0.5) is 10.1 Å². The van der Waals surface area contributed by atoms with Gasteiger partial charge in [0, 0.05) is 6.07 Å². The van der Waals surface area contributed by atoms with Gasteiger partial charge in [-0.3, -0.25) is 0 Å². The van der Waals surface area contributed by atoms with Gasteiger partial charge in [-0.05, 0) is 12.1 Å². The Hall–Kier alpha value is -1.25. The number of phenolic OH excluding ortho intramolecular Hbond substituents is 1. The van der Waals surface area contributed by atoms with E-state index in [9.17, 15) is 4.39 Å². The molecule has 2 N–H and O–H groups in total.